The molecule has 10 rings (SSSR count). The third-order valence-corrected chi connectivity index (χ3v) is 10.1. The van der Waals surface area contributed by atoms with Gasteiger partial charge in [-0.1, -0.05) is 121 Å². The fourth-order valence-corrected chi connectivity index (χ4v) is 7.87. The van der Waals surface area contributed by atoms with E-state index < -0.39 is 0 Å². The second kappa shape index (κ2) is 10.7. The number of hydrogen-bond donors (Lipinski definition) is 1. The zero-order chi connectivity index (χ0) is 31.6. The lowest BCUT2D eigenvalue weighted by molar-refractivity contribution is 0.624. The van der Waals surface area contributed by atoms with Crippen LogP contribution in [0.25, 0.3) is 54.7 Å². The van der Waals surface area contributed by atoms with Gasteiger partial charge in [0.2, 0.25) is 6.29 Å². The lowest BCUT2D eigenvalue weighted by Crippen LogP contribution is -2.24. The van der Waals surface area contributed by atoms with E-state index in [9.17, 15) is 0 Å². The van der Waals surface area contributed by atoms with Crippen LogP contribution in [0.2, 0.25) is 0 Å². The number of nitrogens with zero attached hydrogens (tertiary/aromatic N) is 3. The Balaban J connectivity index is 1.13. The fourth-order valence-electron chi connectivity index (χ4n) is 7.87. The van der Waals surface area contributed by atoms with Crippen LogP contribution in [0.15, 0.2) is 169 Å². The molecule has 3 heterocycles. The summed E-state index contributed by atoms with van der Waals surface area (Å²) in [5.74, 6) is 0. The molecular formula is C44H32N4. The SMILES string of the molecule is C1=CCC(n2c3ccccc3c3cc(-c4ccc5c(c4)c4ccccc4n5C4N=C(c5ccccc5)c5ccccc5N4)ccc32)C=C1. The molecule has 2 aliphatic rings. The van der Waals surface area contributed by atoms with Gasteiger partial charge in [0.15, 0.2) is 0 Å². The minimum absolute atomic E-state index is 0.297. The number of benzene rings is 6. The number of aromatic nitrogens is 2. The molecule has 228 valence electrons. The van der Waals surface area contributed by atoms with E-state index in [2.05, 4.69) is 178 Å². The molecule has 0 radical (unpaired) electrons. The molecule has 1 N–H and O–H groups in total. The van der Waals surface area contributed by atoms with E-state index in [0.29, 0.717) is 6.04 Å². The van der Waals surface area contributed by atoms with Crippen molar-refractivity contribution in [3.05, 3.63) is 175 Å². The van der Waals surface area contributed by atoms with Crippen LogP contribution < -0.4 is 5.32 Å². The van der Waals surface area contributed by atoms with E-state index in [1.165, 1.54) is 43.7 Å². The first kappa shape index (κ1) is 27.0. The molecule has 0 amide bonds. The molecule has 6 aromatic carbocycles. The maximum Gasteiger partial charge on any atom is 0.201 e. The normalized spacial score (nSPS) is 17.2. The summed E-state index contributed by atoms with van der Waals surface area (Å²) in [5, 5.41) is 8.80. The van der Waals surface area contributed by atoms with Crippen molar-refractivity contribution >= 4 is 55.0 Å². The highest BCUT2D eigenvalue weighted by Crippen LogP contribution is 2.40. The molecule has 2 unspecified atom stereocenters. The van der Waals surface area contributed by atoms with Gasteiger partial charge in [-0.3, -0.25) is 0 Å². The molecule has 0 saturated heterocycles. The van der Waals surface area contributed by atoms with Gasteiger partial charge in [0.1, 0.15) is 0 Å². The van der Waals surface area contributed by atoms with Crippen LogP contribution in [0.5, 0.6) is 0 Å². The van der Waals surface area contributed by atoms with Crippen LogP contribution in [0.3, 0.4) is 0 Å². The van der Waals surface area contributed by atoms with Gasteiger partial charge in [0.25, 0.3) is 0 Å². The molecule has 0 bridgehead atoms. The largest absolute Gasteiger partial charge is 0.346 e. The summed E-state index contributed by atoms with van der Waals surface area (Å²) in [4.78, 5) is 5.38. The van der Waals surface area contributed by atoms with Crippen molar-refractivity contribution in [2.24, 2.45) is 4.99 Å². The number of fused-ring (bicyclic) bond motifs is 7. The number of aliphatic imine (C=N–C) groups is 1. The van der Waals surface area contributed by atoms with Gasteiger partial charge in [-0.25, -0.2) is 4.99 Å². The van der Waals surface area contributed by atoms with E-state index in [0.717, 1.165) is 40.0 Å². The van der Waals surface area contributed by atoms with Crippen LogP contribution in [0.4, 0.5) is 5.69 Å². The number of hydrogen-bond acceptors (Lipinski definition) is 2. The van der Waals surface area contributed by atoms with Crippen molar-refractivity contribution in [2.45, 2.75) is 18.8 Å². The number of para-hydroxylation sites is 3. The van der Waals surface area contributed by atoms with E-state index >= 15 is 0 Å². The Kier molecular flexibility index (Phi) is 6.03. The van der Waals surface area contributed by atoms with Gasteiger partial charge in [-0.15, -0.1) is 0 Å². The number of anilines is 1. The molecule has 2 aromatic heterocycles. The molecule has 0 spiro atoms. The first-order chi connectivity index (χ1) is 23.8. The average Bonchev–Trinajstić information content (AvgIpc) is 3.67. The zero-order valence-electron chi connectivity index (χ0n) is 26.3. The van der Waals surface area contributed by atoms with Crippen molar-refractivity contribution in [1.82, 2.24) is 9.13 Å². The molecule has 4 nitrogen and oxygen atoms in total. The highest BCUT2D eigenvalue weighted by Gasteiger charge is 2.25. The summed E-state index contributed by atoms with van der Waals surface area (Å²) < 4.78 is 4.86. The standard InChI is InChI=1S/C44H32N4/c1-3-13-29(14-4-1)43-35-19-7-10-20-38(35)45-44(46-43)48-40-22-12-9-18-34(40)37-28-31(24-26-42(37)48)30-23-25-41-36(27-30)33-17-8-11-21-39(33)47(41)32-15-5-2-6-16-32/h1-15,17-28,32,44-45H,16H2. The second-order valence-corrected chi connectivity index (χ2v) is 12.8. The fraction of sp³-hybridized carbons (Fsp3) is 0.0682. The van der Waals surface area contributed by atoms with Gasteiger partial charge in [0, 0.05) is 49.4 Å². The molecule has 48 heavy (non-hydrogen) atoms. The predicted molar refractivity (Wildman–Crippen MR) is 201 cm³/mol. The second-order valence-electron chi connectivity index (χ2n) is 12.8. The van der Waals surface area contributed by atoms with E-state index in [4.69, 9.17) is 4.99 Å². The van der Waals surface area contributed by atoms with Crippen molar-refractivity contribution < 1.29 is 0 Å². The molecule has 4 heteroatoms. The van der Waals surface area contributed by atoms with Crippen LogP contribution in [-0.2, 0) is 0 Å². The van der Waals surface area contributed by atoms with Crippen LogP contribution >= 0.6 is 0 Å². The molecule has 1 aliphatic carbocycles. The van der Waals surface area contributed by atoms with E-state index in [1.54, 1.807) is 0 Å². The smallest absolute Gasteiger partial charge is 0.201 e. The third kappa shape index (κ3) is 4.12. The predicted octanol–water partition coefficient (Wildman–Crippen LogP) is 11.0. The average molecular weight is 617 g/mol. The van der Waals surface area contributed by atoms with Gasteiger partial charge in [0.05, 0.1) is 22.8 Å². The first-order valence-electron chi connectivity index (χ1n) is 16.7. The lowest BCUT2D eigenvalue weighted by Gasteiger charge is -2.28. The maximum absolute atomic E-state index is 5.38. The molecule has 1 aliphatic heterocycles. The Hall–Kier alpha value is -6.13. The molecule has 8 aromatic rings. The van der Waals surface area contributed by atoms with Crippen LogP contribution in [0.1, 0.15) is 29.9 Å². The molecule has 0 fully saturated rings. The third-order valence-electron chi connectivity index (χ3n) is 10.1. The topological polar surface area (TPSA) is 34.2 Å². The van der Waals surface area contributed by atoms with Crippen molar-refractivity contribution in [1.29, 1.82) is 0 Å². The Morgan fingerprint density at radius 1 is 0.521 bits per heavy atom. The number of nitrogens with one attached hydrogen (secondary N) is 1. The Labute approximate surface area is 278 Å². The highest BCUT2D eigenvalue weighted by molar-refractivity contribution is 6.17. The van der Waals surface area contributed by atoms with E-state index in [1.807, 2.05) is 0 Å². The Morgan fingerprint density at radius 3 is 1.83 bits per heavy atom. The minimum Gasteiger partial charge on any atom is -0.346 e. The van der Waals surface area contributed by atoms with Gasteiger partial charge in [-0.05, 0) is 60.0 Å². The van der Waals surface area contributed by atoms with Crippen molar-refractivity contribution in [2.75, 3.05) is 5.32 Å². The Morgan fingerprint density at radius 2 is 1.12 bits per heavy atom. The summed E-state index contributed by atoms with van der Waals surface area (Å²) in [6.45, 7) is 0. The van der Waals surface area contributed by atoms with Gasteiger partial charge < -0.3 is 14.5 Å². The molecule has 0 saturated carbocycles. The van der Waals surface area contributed by atoms with Crippen molar-refractivity contribution in [3.63, 3.8) is 0 Å². The molecule has 2 atom stereocenters. The monoisotopic (exact) mass is 616 g/mol. The number of allylic oxidation sites excluding steroid dienone is 4. The van der Waals surface area contributed by atoms with Crippen molar-refractivity contribution in [3.8, 4) is 11.1 Å². The summed E-state index contributed by atoms with van der Waals surface area (Å²) in [6, 6.07) is 50.7. The summed E-state index contributed by atoms with van der Waals surface area (Å²) in [7, 11) is 0. The van der Waals surface area contributed by atoms with Gasteiger partial charge in [-0.2, -0.15) is 0 Å². The molecular weight excluding hydrogens is 585 g/mol. The minimum atomic E-state index is -0.297. The lowest BCUT2D eigenvalue weighted by atomic mass is 9.99. The maximum atomic E-state index is 5.38. The quantitative estimate of drug-likeness (QED) is 0.210. The van der Waals surface area contributed by atoms with Crippen LogP contribution in [-0.4, -0.2) is 14.8 Å². The highest BCUT2D eigenvalue weighted by atomic mass is 15.3. The van der Waals surface area contributed by atoms with Gasteiger partial charge >= 0.3 is 0 Å². The summed E-state index contributed by atoms with van der Waals surface area (Å²) in [6.07, 6.45) is 9.61. The number of rotatable bonds is 4. The summed E-state index contributed by atoms with van der Waals surface area (Å²) in [5.41, 5.74) is 11.6. The van der Waals surface area contributed by atoms with E-state index in [-0.39, 0.29) is 6.29 Å². The Bertz CT molecular complexity index is 2630. The summed E-state index contributed by atoms with van der Waals surface area (Å²) >= 11 is 0. The first-order valence-corrected chi connectivity index (χ1v) is 16.7. The van der Waals surface area contributed by atoms with Crippen LogP contribution in [0, 0.1) is 0 Å². The zero-order valence-corrected chi connectivity index (χ0v) is 26.3.